The van der Waals surface area contributed by atoms with Gasteiger partial charge in [0, 0.05) is 31.3 Å². The van der Waals surface area contributed by atoms with Gasteiger partial charge in [-0.05, 0) is 65.5 Å². The van der Waals surface area contributed by atoms with E-state index in [4.69, 9.17) is 10.00 Å². The highest BCUT2D eigenvalue weighted by Crippen LogP contribution is 2.25. The van der Waals surface area contributed by atoms with E-state index in [1.165, 1.54) is 6.07 Å². The molecule has 0 radical (unpaired) electrons. The third kappa shape index (κ3) is 5.84. The fourth-order valence-electron chi connectivity index (χ4n) is 4.01. The van der Waals surface area contributed by atoms with Crippen LogP contribution < -0.4 is 0 Å². The molecule has 3 aromatic carbocycles. The van der Waals surface area contributed by atoms with Crippen molar-refractivity contribution in [2.45, 2.75) is 32.1 Å². The Morgan fingerprint density at radius 2 is 1.51 bits per heavy atom. The Labute approximate surface area is 202 Å². The van der Waals surface area contributed by atoms with Crippen molar-refractivity contribution in [3.8, 4) is 6.07 Å². The molecule has 35 heavy (non-hydrogen) atoms. The molecule has 0 saturated carbocycles. The molecule has 4 nitrogen and oxygen atoms in total. The lowest BCUT2D eigenvalue weighted by molar-refractivity contribution is 0.202. The first-order chi connectivity index (χ1) is 17.0. The molecule has 4 rings (SSSR count). The van der Waals surface area contributed by atoms with Crippen LogP contribution in [0, 0.1) is 28.8 Å². The molecule has 7 heteroatoms. The zero-order valence-electron chi connectivity index (χ0n) is 19.3. The van der Waals surface area contributed by atoms with Crippen LogP contribution in [0.25, 0.3) is 10.8 Å². The van der Waals surface area contributed by atoms with Crippen LogP contribution in [0.1, 0.15) is 33.6 Å². The lowest BCUT2D eigenvalue weighted by atomic mass is 9.97. The Kier molecular flexibility index (Phi) is 7.74. The van der Waals surface area contributed by atoms with Gasteiger partial charge in [0.2, 0.25) is 0 Å². The van der Waals surface area contributed by atoms with Crippen molar-refractivity contribution in [2.75, 3.05) is 13.7 Å². The van der Waals surface area contributed by atoms with Crippen LogP contribution in [-0.4, -0.2) is 23.7 Å². The lowest BCUT2D eigenvalue weighted by Gasteiger charge is -2.09. The fraction of sp³-hybridized carbons (Fsp3) is 0.250. The number of aryl methyl sites for hydroxylation is 4. The third-order valence-electron chi connectivity index (χ3n) is 5.99. The lowest BCUT2D eigenvalue weighted by Crippen LogP contribution is -2.01. The molecule has 178 valence electrons. The molecular formula is C28H24F3N3O. The van der Waals surface area contributed by atoms with E-state index in [0.29, 0.717) is 29.5 Å². The molecule has 0 amide bonds. The molecule has 0 N–H and O–H groups in total. The number of nitrogens with zero attached hydrogens (tertiary/aromatic N) is 3. The highest BCUT2D eigenvalue weighted by Gasteiger charge is 2.13. The minimum Gasteiger partial charge on any atom is -0.384 e. The SMILES string of the molecule is COCCc1cnc(CCc2ccc3c(F)c(CCc4cc(F)c(C#N)c(F)c4)ccc3c2)nc1. The van der Waals surface area contributed by atoms with Crippen molar-refractivity contribution in [1.29, 1.82) is 5.26 Å². The first-order valence-electron chi connectivity index (χ1n) is 11.3. The second kappa shape index (κ2) is 11.1. The molecule has 0 aliphatic heterocycles. The van der Waals surface area contributed by atoms with Crippen LogP contribution in [0.4, 0.5) is 13.2 Å². The van der Waals surface area contributed by atoms with E-state index in [0.717, 1.165) is 47.3 Å². The summed E-state index contributed by atoms with van der Waals surface area (Å²) < 4.78 is 47.9. The van der Waals surface area contributed by atoms with Crippen molar-refractivity contribution in [1.82, 2.24) is 9.97 Å². The van der Waals surface area contributed by atoms with Crippen molar-refractivity contribution in [2.24, 2.45) is 0 Å². The molecule has 0 bridgehead atoms. The highest BCUT2D eigenvalue weighted by molar-refractivity contribution is 5.84. The van der Waals surface area contributed by atoms with E-state index >= 15 is 4.39 Å². The topological polar surface area (TPSA) is 58.8 Å². The highest BCUT2D eigenvalue weighted by atomic mass is 19.1. The number of benzene rings is 3. The third-order valence-corrected chi connectivity index (χ3v) is 5.99. The summed E-state index contributed by atoms with van der Waals surface area (Å²) in [7, 11) is 1.66. The zero-order valence-corrected chi connectivity index (χ0v) is 19.3. The number of fused-ring (bicyclic) bond motifs is 1. The Morgan fingerprint density at radius 3 is 2.20 bits per heavy atom. The average molecular weight is 476 g/mol. The maximum absolute atomic E-state index is 15.1. The van der Waals surface area contributed by atoms with Gasteiger partial charge in [-0.2, -0.15) is 5.26 Å². The van der Waals surface area contributed by atoms with Gasteiger partial charge in [-0.1, -0.05) is 30.3 Å². The Hall–Kier alpha value is -3.76. The molecule has 1 heterocycles. The van der Waals surface area contributed by atoms with Crippen LogP contribution in [0.2, 0.25) is 0 Å². The Bertz CT molecular complexity index is 1360. The normalized spacial score (nSPS) is 11.1. The number of nitriles is 1. The van der Waals surface area contributed by atoms with E-state index in [1.54, 1.807) is 19.2 Å². The summed E-state index contributed by atoms with van der Waals surface area (Å²) in [5, 5.41) is 10.1. The zero-order chi connectivity index (χ0) is 24.8. The predicted molar refractivity (Wildman–Crippen MR) is 127 cm³/mol. The van der Waals surface area contributed by atoms with Crippen LogP contribution in [0.5, 0.6) is 0 Å². The van der Waals surface area contributed by atoms with Gasteiger partial charge in [0.15, 0.2) is 0 Å². The quantitative estimate of drug-likeness (QED) is 0.313. The maximum Gasteiger partial charge on any atom is 0.144 e. The van der Waals surface area contributed by atoms with Crippen LogP contribution >= 0.6 is 0 Å². The number of rotatable bonds is 9. The number of methoxy groups -OCH3 is 1. The van der Waals surface area contributed by atoms with Crippen LogP contribution in [0.3, 0.4) is 0 Å². The van der Waals surface area contributed by atoms with Crippen molar-refractivity contribution < 1.29 is 17.9 Å². The first-order valence-corrected chi connectivity index (χ1v) is 11.3. The summed E-state index contributed by atoms with van der Waals surface area (Å²) in [4.78, 5) is 8.82. The van der Waals surface area contributed by atoms with Gasteiger partial charge in [-0.25, -0.2) is 23.1 Å². The molecule has 0 fully saturated rings. The van der Waals surface area contributed by atoms with E-state index in [-0.39, 0.29) is 18.7 Å². The van der Waals surface area contributed by atoms with Crippen molar-refractivity contribution in [3.05, 3.63) is 106 Å². The second-order valence-corrected chi connectivity index (χ2v) is 8.39. The van der Waals surface area contributed by atoms with Gasteiger partial charge in [0.1, 0.15) is 34.9 Å². The summed E-state index contributed by atoms with van der Waals surface area (Å²) in [6.07, 6.45) is 6.35. The summed E-state index contributed by atoms with van der Waals surface area (Å²) in [6, 6.07) is 12.9. The molecular weight excluding hydrogens is 451 g/mol. The van der Waals surface area contributed by atoms with Crippen molar-refractivity contribution in [3.63, 3.8) is 0 Å². The smallest absolute Gasteiger partial charge is 0.144 e. The summed E-state index contributed by atoms with van der Waals surface area (Å²) >= 11 is 0. The number of aromatic nitrogens is 2. The number of hydrogen-bond donors (Lipinski definition) is 0. The van der Waals surface area contributed by atoms with E-state index in [9.17, 15) is 8.78 Å². The maximum atomic E-state index is 15.1. The molecule has 4 aromatic rings. The van der Waals surface area contributed by atoms with Crippen molar-refractivity contribution >= 4 is 10.8 Å². The second-order valence-electron chi connectivity index (χ2n) is 8.39. The average Bonchev–Trinajstić information content (AvgIpc) is 2.86. The summed E-state index contributed by atoms with van der Waals surface area (Å²) in [5.41, 5.74) is 2.33. The summed E-state index contributed by atoms with van der Waals surface area (Å²) in [5.74, 6) is -1.38. The standard InChI is InChI=1S/C28H24F3N3O/c1-35-11-10-20-16-33-27(34-17-20)9-4-18-3-8-23-22(12-18)7-6-21(28(23)31)5-2-19-13-25(29)24(15-32)26(30)14-19/h3,6-8,12-14,16-17H,2,4-5,9-11H2,1H3. The monoisotopic (exact) mass is 475 g/mol. The van der Waals surface area contributed by atoms with Gasteiger partial charge in [0.05, 0.1) is 6.61 Å². The Balaban J connectivity index is 1.42. The molecule has 1 aromatic heterocycles. The van der Waals surface area contributed by atoms with Crippen LogP contribution in [-0.2, 0) is 36.8 Å². The number of halogens is 3. The number of hydrogen-bond acceptors (Lipinski definition) is 4. The minimum absolute atomic E-state index is 0.254. The van der Waals surface area contributed by atoms with Gasteiger partial charge < -0.3 is 4.74 Å². The van der Waals surface area contributed by atoms with Gasteiger partial charge in [-0.15, -0.1) is 0 Å². The van der Waals surface area contributed by atoms with Gasteiger partial charge in [0.25, 0.3) is 0 Å². The summed E-state index contributed by atoms with van der Waals surface area (Å²) in [6.45, 7) is 0.630. The Morgan fingerprint density at radius 1 is 0.800 bits per heavy atom. The number of ether oxygens (including phenoxy) is 1. The predicted octanol–water partition coefficient (Wildman–Crippen LogP) is 5.68. The van der Waals surface area contributed by atoms with Crippen LogP contribution in [0.15, 0.2) is 54.9 Å². The van der Waals surface area contributed by atoms with E-state index in [2.05, 4.69) is 9.97 Å². The molecule has 0 saturated heterocycles. The largest absolute Gasteiger partial charge is 0.384 e. The molecule has 0 unspecified atom stereocenters. The van der Waals surface area contributed by atoms with E-state index in [1.807, 2.05) is 30.6 Å². The van der Waals surface area contributed by atoms with Gasteiger partial charge in [-0.3, -0.25) is 0 Å². The molecule has 0 aliphatic rings. The minimum atomic E-state index is -0.901. The molecule has 0 spiro atoms. The first kappa shape index (κ1) is 24.4. The van der Waals surface area contributed by atoms with E-state index < -0.39 is 17.2 Å². The molecule has 0 aliphatic carbocycles. The van der Waals surface area contributed by atoms with Gasteiger partial charge >= 0.3 is 0 Å². The fourth-order valence-corrected chi connectivity index (χ4v) is 4.01. The molecule has 0 atom stereocenters.